The van der Waals surface area contributed by atoms with Crippen molar-refractivity contribution in [3.63, 3.8) is 0 Å². The molecule has 11 nitrogen and oxygen atoms in total. The molecule has 1 atom stereocenters. The summed E-state index contributed by atoms with van der Waals surface area (Å²) >= 11 is 7.45. The SMILES string of the molecule is Nc1n[nH]c2cc(NC(=O)C(Cc3ccccc3)NC(=O)CSc3cc(Cl)ccc3-n3cnnn3)ccc12. The lowest BCUT2D eigenvalue weighted by molar-refractivity contribution is -0.124. The van der Waals surface area contributed by atoms with Gasteiger partial charge in [0.2, 0.25) is 11.8 Å². The number of fused-ring (bicyclic) bond motifs is 1. The average molecular weight is 548 g/mol. The summed E-state index contributed by atoms with van der Waals surface area (Å²) in [6.07, 6.45) is 1.78. The number of aromatic amines is 1. The number of carbonyl (C=O) groups excluding carboxylic acids is 2. The number of tetrazole rings is 1. The number of hydrogen-bond donors (Lipinski definition) is 4. The highest BCUT2D eigenvalue weighted by Crippen LogP contribution is 2.28. The van der Waals surface area contributed by atoms with Crippen LogP contribution in [0.1, 0.15) is 5.56 Å². The number of halogens is 1. The van der Waals surface area contributed by atoms with Crippen LogP contribution in [0.3, 0.4) is 0 Å². The molecule has 0 aliphatic carbocycles. The lowest BCUT2D eigenvalue weighted by atomic mass is 10.0. The first-order chi connectivity index (χ1) is 18.5. The first-order valence-corrected chi connectivity index (χ1v) is 12.9. The van der Waals surface area contributed by atoms with Crippen LogP contribution in [0.5, 0.6) is 0 Å². The zero-order valence-electron chi connectivity index (χ0n) is 19.8. The number of rotatable bonds is 9. The zero-order valence-corrected chi connectivity index (χ0v) is 21.4. The fraction of sp³-hybridized carbons (Fsp3) is 0.120. The number of anilines is 2. The van der Waals surface area contributed by atoms with Crippen molar-refractivity contribution in [2.75, 3.05) is 16.8 Å². The second-order valence-corrected chi connectivity index (χ2v) is 9.78. The van der Waals surface area contributed by atoms with Gasteiger partial charge in [0.15, 0.2) is 5.82 Å². The number of H-pyrrole nitrogens is 1. The summed E-state index contributed by atoms with van der Waals surface area (Å²) in [6, 6.07) is 19.2. The van der Waals surface area contributed by atoms with E-state index in [1.165, 1.54) is 22.8 Å². The third kappa shape index (κ3) is 5.93. The quantitative estimate of drug-likeness (QED) is 0.205. The van der Waals surface area contributed by atoms with Crippen LogP contribution in [0.25, 0.3) is 16.6 Å². The predicted molar refractivity (Wildman–Crippen MR) is 146 cm³/mol. The molecule has 2 aromatic heterocycles. The summed E-state index contributed by atoms with van der Waals surface area (Å²) < 4.78 is 1.49. The molecule has 3 aromatic carbocycles. The van der Waals surface area contributed by atoms with E-state index in [4.69, 9.17) is 17.3 Å². The van der Waals surface area contributed by atoms with Crippen molar-refractivity contribution in [3.8, 4) is 5.69 Å². The highest BCUT2D eigenvalue weighted by atomic mass is 35.5. The van der Waals surface area contributed by atoms with Crippen molar-refractivity contribution in [3.05, 3.63) is 83.6 Å². The lowest BCUT2D eigenvalue weighted by Crippen LogP contribution is -2.46. The smallest absolute Gasteiger partial charge is 0.247 e. The van der Waals surface area contributed by atoms with E-state index in [-0.39, 0.29) is 17.6 Å². The summed E-state index contributed by atoms with van der Waals surface area (Å²) in [5.74, 6) is -0.234. The van der Waals surface area contributed by atoms with Gasteiger partial charge in [-0.05, 0) is 52.4 Å². The summed E-state index contributed by atoms with van der Waals surface area (Å²) in [6.45, 7) is 0. The van der Waals surface area contributed by atoms with Crippen LogP contribution in [-0.4, -0.2) is 54.0 Å². The van der Waals surface area contributed by atoms with Crippen LogP contribution in [0.15, 0.2) is 78.0 Å². The van der Waals surface area contributed by atoms with Crippen molar-refractivity contribution in [1.29, 1.82) is 0 Å². The van der Waals surface area contributed by atoms with E-state index in [2.05, 4.69) is 36.4 Å². The summed E-state index contributed by atoms with van der Waals surface area (Å²) in [5.41, 5.74) is 8.68. The molecule has 5 aromatic rings. The van der Waals surface area contributed by atoms with Gasteiger partial charge < -0.3 is 16.4 Å². The first-order valence-electron chi connectivity index (χ1n) is 11.5. The van der Waals surface area contributed by atoms with Crippen LogP contribution < -0.4 is 16.4 Å². The van der Waals surface area contributed by atoms with Crippen molar-refractivity contribution >= 4 is 57.6 Å². The van der Waals surface area contributed by atoms with E-state index in [9.17, 15) is 9.59 Å². The minimum atomic E-state index is -0.814. The Labute approximate surface area is 226 Å². The number of nitrogens with one attached hydrogen (secondary N) is 3. The number of carbonyl (C=O) groups is 2. The maximum atomic E-state index is 13.3. The Hall–Kier alpha value is -4.42. The van der Waals surface area contributed by atoms with Crippen molar-refractivity contribution in [1.82, 2.24) is 35.7 Å². The number of nitrogens with zero attached hydrogens (tertiary/aromatic N) is 5. The fourth-order valence-corrected chi connectivity index (χ4v) is 4.98. The maximum Gasteiger partial charge on any atom is 0.247 e. The van der Waals surface area contributed by atoms with Gasteiger partial charge in [-0.2, -0.15) is 9.78 Å². The van der Waals surface area contributed by atoms with Crippen LogP contribution in [0.2, 0.25) is 5.02 Å². The summed E-state index contributed by atoms with van der Waals surface area (Å²) in [5, 5.41) is 25.1. The molecule has 1 unspecified atom stereocenters. The third-order valence-corrected chi connectivity index (χ3v) is 6.95. The Kier molecular flexibility index (Phi) is 7.52. The largest absolute Gasteiger partial charge is 0.382 e. The molecule has 0 fully saturated rings. The normalized spacial score (nSPS) is 11.8. The van der Waals surface area contributed by atoms with E-state index < -0.39 is 6.04 Å². The van der Waals surface area contributed by atoms with Gasteiger partial charge in [-0.3, -0.25) is 14.7 Å². The molecule has 0 aliphatic heterocycles. The van der Waals surface area contributed by atoms with Crippen molar-refractivity contribution < 1.29 is 9.59 Å². The second-order valence-electron chi connectivity index (χ2n) is 8.32. The number of nitrogen functional groups attached to an aromatic ring is 1. The molecule has 2 heterocycles. The average Bonchev–Trinajstić information content (AvgIpc) is 3.58. The van der Waals surface area contributed by atoms with E-state index in [1.54, 1.807) is 36.4 Å². The van der Waals surface area contributed by atoms with Crippen LogP contribution >= 0.6 is 23.4 Å². The molecular formula is C25H22ClN9O2S. The van der Waals surface area contributed by atoms with Gasteiger partial charge in [0.05, 0.1) is 17.0 Å². The molecule has 0 saturated heterocycles. The molecule has 0 saturated carbocycles. The highest BCUT2D eigenvalue weighted by Gasteiger charge is 2.22. The molecule has 5 rings (SSSR count). The Morgan fingerprint density at radius 3 is 2.74 bits per heavy atom. The number of aromatic nitrogens is 6. The number of benzene rings is 3. The topological polar surface area (TPSA) is 156 Å². The van der Waals surface area contributed by atoms with Crippen LogP contribution in [-0.2, 0) is 16.0 Å². The lowest BCUT2D eigenvalue weighted by Gasteiger charge is -2.19. The van der Waals surface area contributed by atoms with Crippen molar-refractivity contribution in [2.24, 2.45) is 0 Å². The minimum absolute atomic E-state index is 0.0490. The van der Waals surface area contributed by atoms with Gasteiger partial charge >= 0.3 is 0 Å². The Balaban J connectivity index is 1.30. The van der Waals surface area contributed by atoms with Crippen molar-refractivity contribution in [2.45, 2.75) is 17.4 Å². The highest BCUT2D eigenvalue weighted by molar-refractivity contribution is 8.00. The minimum Gasteiger partial charge on any atom is -0.382 e. The molecule has 0 bridgehead atoms. The molecule has 2 amide bonds. The molecule has 0 aliphatic rings. The first kappa shape index (κ1) is 25.2. The molecule has 0 spiro atoms. The van der Waals surface area contributed by atoms with E-state index in [1.807, 2.05) is 30.3 Å². The van der Waals surface area contributed by atoms with Crippen LogP contribution in [0, 0.1) is 0 Å². The maximum absolute atomic E-state index is 13.3. The Morgan fingerprint density at radius 1 is 1.11 bits per heavy atom. The van der Waals surface area contributed by atoms with Gasteiger partial charge in [0.25, 0.3) is 0 Å². The fourth-order valence-electron chi connectivity index (χ4n) is 3.85. The van der Waals surface area contributed by atoms with E-state index in [0.717, 1.165) is 15.8 Å². The monoisotopic (exact) mass is 547 g/mol. The molecule has 192 valence electrons. The second kappa shape index (κ2) is 11.3. The van der Waals surface area contributed by atoms with E-state index >= 15 is 0 Å². The van der Waals surface area contributed by atoms with Gasteiger partial charge in [-0.25, -0.2) is 0 Å². The number of thioether (sulfide) groups is 1. The predicted octanol–water partition coefficient (Wildman–Crippen LogP) is 3.23. The molecule has 38 heavy (non-hydrogen) atoms. The number of amides is 2. The summed E-state index contributed by atoms with van der Waals surface area (Å²) in [4.78, 5) is 27.0. The van der Waals surface area contributed by atoms with Gasteiger partial charge in [-0.1, -0.05) is 41.9 Å². The van der Waals surface area contributed by atoms with Crippen LogP contribution in [0.4, 0.5) is 11.5 Å². The Morgan fingerprint density at radius 2 is 1.95 bits per heavy atom. The summed E-state index contributed by atoms with van der Waals surface area (Å²) in [7, 11) is 0. The molecule has 13 heteroatoms. The zero-order chi connectivity index (χ0) is 26.5. The standard InChI is InChI=1S/C25H22ClN9O2S/c26-16-6-9-21(35-14-28-33-34-35)22(11-16)38-13-23(36)30-20(10-15-4-2-1-3-5-15)25(37)29-17-7-8-18-19(12-17)31-32-24(18)27/h1-9,11-12,14,20H,10,13H2,(H,29,37)(H,30,36)(H3,27,31,32). The van der Waals surface area contributed by atoms with Gasteiger partial charge in [-0.15, -0.1) is 16.9 Å². The Bertz CT molecular complexity index is 1570. The molecule has 0 radical (unpaired) electrons. The molecular weight excluding hydrogens is 526 g/mol. The number of nitrogens with two attached hydrogens (primary N) is 1. The third-order valence-electron chi connectivity index (χ3n) is 5.67. The van der Waals surface area contributed by atoms with E-state index in [0.29, 0.717) is 34.2 Å². The van der Waals surface area contributed by atoms with Gasteiger partial charge in [0, 0.05) is 27.4 Å². The molecule has 5 N–H and O–H groups in total. The van der Waals surface area contributed by atoms with Gasteiger partial charge in [0.1, 0.15) is 12.4 Å². The number of hydrogen-bond acceptors (Lipinski definition) is 8.